The van der Waals surface area contributed by atoms with E-state index < -0.39 is 16.4 Å². The van der Waals surface area contributed by atoms with Crippen LogP contribution in [0, 0.1) is 0 Å². The average molecular weight is 488 g/mol. The van der Waals surface area contributed by atoms with Gasteiger partial charge in [0.25, 0.3) is 0 Å². The second-order valence-electron chi connectivity index (χ2n) is 7.92. The molecule has 6 rings (SSSR count). The largest absolute Gasteiger partial charge is 0.419 e. The minimum atomic E-state index is -0.891. The van der Waals surface area contributed by atoms with Gasteiger partial charge in [-0.05, 0) is 34.4 Å². The Labute approximate surface area is 201 Å². The molecular formula is C28H26O4P2. The van der Waals surface area contributed by atoms with E-state index in [1.807, 2.05) is 49.7 Å². The van der Waals surface area contributed by atoms with Gasteiger partial charge in [-0.15, -0.1) is 0 Å². The van der Waals surface area contributed by atoms with Gasteiger partial charge in [-0.2, -0.15) is 0 Å². The summed E-state index contributed by atoms with van der Waals surface area (Å²) in [6, 6.07) is 32.9. The first-order chi connectivity index (χ1) is 16.7. The Balaban J connectivity index is 0.000000142. The smallest absolute Gasteiger partial charge is 0.213 e. The van der Waals surface area contributed by atoms with E-state index in [0.29, 0.717) is 13.2 Å². The van der Waals surface area contributed by atoms with Crippen molar-refractivity contribution in [3.63, 3.8) is 0 Å². The van der Waals surface area contributed by atoms with Crippen molar-refractivity contribution in [3.8, 4) is 11.1 Å². The fourth-order valence-corrected chi connectivity index (χ4v) is 5.64. The zero-order valence-electron chi connectivity index (χ0n) is 19.2. The van der Waals surface area contributed by atoms with Gasteiger partial charge in [0.2, 0.25) is 8.01 Å². The molecule has 0 bridgehead atoms. The number of rotatable bonds is 0. The molecule has 0 N–H and O–H groups in total. The van der Waals surface area contributed by atoms with Crippen LogP contribution in [0.1, 0.15) is 11.1 Å². The molecule has 1 aliphatic heterocycles. The highest BCUT2D eigenvalue weighted by atomic mass is 31.2. The van der Waals surface area contributed by atoms with Gasteiger partial charge in [-0.3, -0.25) is 0 Å². The van der Waals surface area contributed by atoms with E-state index in [4.69, 9.17) is 17.4 Å². The molecule has 4 nitrogen and oxygen atoms in total. The maximum atomic E-state index is 5.78. The third kappa shape index (κ3) is 5.12. The Kier molecular flexibility index (Phi) is 7.13. The van der Waals surface area contributed by atoms with Crippen LogP contribution in [0.3, 0.4) is 0 Å². The second-order valence-corrected chi connectivity index (χ2v) is 10.6. The third-order valence-electron chi connectivity index (χ3n) is 5.65. The van der Waals surface area contributed by atoms with Gasteiger partial charge in [0, 0.05) is 24.1 Å². The third-order valence-corrected chi connectivity index (χ3v) is 7.54. The van der Waals surface area contributed by atoms with Crippen molar-refractivity contribution < 1.29 is 17.4 Å². The van der Waals surface area contributed by atoms with Crippen LogP contribution >= 0.6 is 16.4 Å². The lowest BCUT2D eigenvalue weighted by molar-refractivity contribution is 0.241. The minimum absolute atomic E-state index is 0.618. The molecule has 4 aromatic carbocycles. The van der Waals surface area contributed by atoms with E-state index in [1.54, 1.807) is 0 Å². The lowest BCUT2D eigenvalue weighted by Crippen LogP contribution is -1.92. The molecule has 1 aliphatic rings. The number of fused-ring (bicyclic) bond motifs is 6. The van der Waals surface area contributed by atoms with Crippen LogP contribution in [0.4, 0.5) is 0 Å². The molecular weight excluding hydrogens is 462 g/mol. The van der Waals surface area contributed by atoms with Crippen LogP contribution in [-0.2, 0) is 28.9 Å². The number of hydrogen-bond acceptors (Lipinski definition) is 4. The van der Waals surface area contributed by atoms with Crippen LogP contribution in [0.2, 0.25) is 0 Å². The fourth-order valence-electron chi connectivity index (χ4n) is 4.01. The number of para-hydroxylation sites is 2. The van der Waals surface area contributed by atoms with Crippen LogP contribution in [0.15, 0.2) is 105 Å². The van der Waals surface area contributed by atoms with Crippen molar-refractivity contribution in [3.05, 3.63) is 108 Å². The van der Waals surface area contributed by atoms with Crippen LogP contribution in [0.5, 0.6) is 0 Å². The molecule has 6 heteroatoms. The molecule has 0 radical (unpaired) electrons. The first-order valence-electron chi connectivity index (χ1n) is 11.1. The van der Waals surface area contributed by atoms with E-state index >= 15 is 0 Å². The lowest BCUT2D eigenvalue weighted by atomic mass is 9.96. The molecule has 0 amide bonds. The van der Waals surface area contributed by atoms with Gasteiger partial charge in [-0.25, -0.2) is 0 Å². The van der Waals surface area contributed by atoms with E-state index in [1.165, 1.54) is 22.3 Å². The van der Waals surface area contributed by atoms with Crippen molar-refractivity contribution in [1.29, 1.82) is 0 Å². The second kappa shape index (κ2) is 10.6. The van der Waals surface area contributed by atoms with Gasteiger partial charge < -0.3 is 17.4 Å². The molecule has 0 saturated heterocycles. The molecule has 5 aromatic rings. The SMILES string of the molecule is CP1OCc2ccccc2-c2ccccc2CO1.Cp1oc2ccccc2c2ccccc2o1. The number of hydrogen-bond donors (Lipinski definition) is 0. The first-order valence-corrected chi connectivity index (χ1v) is 14.4. The maximum absolute atomic E-state index is 5.78. The summed E-state index contributed by atoms with van der Waals surface area (Å²) < 4.78 is 23.1. The van der Waals surface area contributed by atoms with Gasteiger partial charge in [0.15, 0.2) is 8.38 Å². The van der Waals surface area contributed by atoms with Crippen molar-refractivity contribution in [2.75, 3.05) is 6.66 Å². The summed E-state index contributed by atoms with van der Waals surface area (Å²) in [5.41, 5.74) is 6.76. The summed E-state index contributed by atoms with van der Waals surface area (Å²) in [6.07, 6.45) is 0. The van der Waals surface area contributed by atoms with Gasteiger partial charge in [-0.1, -0.05) is 84.9 Å². The first kappa shape index (κ1) is 22.9. The highest BCUT2D eigenvalue weighted by molar-refractivity contribution is 7.46. The zero-order chi connectivity index (χ0) is 23.3. The average Bonchev–Trinajstić information content (AvgIpc) is 2.97. The van der Waals surface area contributed by atoms with Crippen molar-refractivity contribution >= 4 is 38.3 Å². The van der Waals surface area contributed by atoms with E-state index in [9.17, 15) is 0 Å². The normalized spacial score (nSPS) is 13.6. The highest BCUT2D eigenvalue weighted by Crippen LogP contribution is 2.40. The summed E-state index contributed by atoms with van der Waals surface area (Å²) >= 11 is 0. The minimum Gasteiger partial charge on any atom is -0.419 e. The highest BCUT2D eigenvalue weighted by Gasteiger charge is 2.14. The molecule has 0 atom stereocenters. The number of benzene rings is 4. The van der Waals surface area contributed by atoms with E-state index in [2.05, 4.69) is 60.7 Å². The lowest BCUT2D eigenvalue weighted by Gasteiger charge is -2.11. The Morgan fingerprint density at radius 1 is 0.529 bits per heavy atom. The molecule has 0 spiro atoms. The van der Waals surface area contributed by atoms with Crippen molar-refractivity contribution in [2.45, 2.75) is 13.2 Å². The topological polar surface area (TPSA) is 44.7 Å². The predicted molar refractivity (Wildman–Crippen MR) is 142 cm³/mol. The molecule has 0 fully saturated rings. The quantitative estimate of drug-likeness (QED) is 0.204. The Bertz CT molecular complexity index is 1350. The summed E-state index contributed by atoms with van der Waals surface area (Å²) in [7, 11) is -1.69. The monoisotopic (exact) mass is 488 g/mol. The summed E-state index contributed by atoms with van der Waals surface area (Å²) in [6.45, 7) is 5.21. The number of aryl methyl sites for hydroxylation is 1. The van der Waals surface area contributed by atoms with Gasteiger partial charge >= 0.3 is 0 Å². The zero-order valence-corrected chi connectivity index (χ0v) is 21.0. The Morgan fingerprint density at radius 2 is 0.941 bits per heavy atom. The van der Waals surface area contributed by atoms with Crippen molar-refractivity contribution in [1.82, 2.24) is 0 Å². The molecule has 0 unspecified atom stereocenters. The van der Waals surface area contributed by atoms with E-state index in [-0.39, 0.29) is 0 Å². The van der Waals surface area contributed by atoms with Crippen molar-refractivity contribution in [2.24, 2.45) is 6.66 Å². The van der Waals surface area contributed by atoms with Crippen LogP contribution in [0.25, 0.3) is 33.1 Å². The standard InChI is InChI=1S/C15H15O2P.C13H11O2P/c1-18-16-10-12-6-2-4-8-14(12)15-9-5-3-7-13(15)11-17-18;1-16-14-12-8-4-2-6-10(12)11-7-3-5-9-13(11)15-16/h2-9H,10-11H2,1H3;2-9H,1H3. The summed E-state index contributed by atoms with van der Waals surface area (Å²) in [5, 5.41) is 2.20. The molecule has 0 saturated carbocycles. The van der Waals surface area contributed by atoms with E-state index in [0.717, 1.165) is 21.9 Å². The molecule has 1 aromatic heterocycles. The summed E-state index contributed by atoms with van der Waals surface area (Å²) in [5.74, 6) is 0. The molecule has 34 heavy (non-hydrogen) atoms. The maximum Gasteiger partial charge on any atom is 0.213 e. The predicted octanol–water partition coefficient (Wildman–Crippen LogP) is 9.17. The molecule has 0 aliphatic carbocycles. The Hall–Kier alpha value is -2.87. The van der Waals surface area contributed by atoms with Gasteiger partial charge in [0.05, 0.1) is 13.2 Å². The Morgan fingerprint density at radius 3 is 1.44 bits per heavy atom. The van der Waals surface area contributed by atoms with Crippen LogP contribution in [-0.4, -0.2) is 6.66 Å². The van der Waals surface area contributed by atoms with Gasteiger partial charge in [0.1, 0.15) is 11.2 Å². The van der Waals surface area contributed by atoms with Crippen LogP contribution < -0.4 is 0 Å². The molecule has 172 valence electrons. The summed E-state index contributed by atoms with van der Waals surface area (Å²) in [4.78, 5) is 0. The molecule has 2 heterocycles. The fraction of sp³-hybridized carbons (Fsp3) is 0.143.